The zero-order valence-electron chi connectivity index (χ0n) is 7.41. The Labute approximate surface area is 78.0 Å². The van der Waals surface area contributed by atoms with E-state index in [1.807, 2.05) is 24.3 Å². The van der Waals surface area contributed by atoms with Gasteiger partial charge in [-0.3, -0.25) is 0 Å². The van der Waals surface area contributed by atoms with E-state index in [2.05, 4.69) is 6.07 Å². The fraction of sp³-hybridized carbons (Fsp3) is 0.273. The fourth-order valence-electron chi connectivity index (χ4n) is 1.05. The largest absolute Gasteiger partial charge is 0.197 e. The van der Waals surface area contributed by atoms with Gasteiger partial charge in [0.15, 0.2) is 0 Å². The second kappa shape index (κ2) is 3.74. The van der Waals surface area contributed by atoms with Crippen LogP contribution in [-0.4, -0.2) is 0 Å². The minimum Gasteiger partial charge on any atom is -0.197 e. The third kappa shape index (κ3) is 2.32. The molecule has 0 fully saturated rings. The molecule has 2 heteroatoms. The van der Waals surface area contributed by atoms with Crippen molar-refractivity contribution in [2.45, 2.75) is 13.3 Å². The van der Waals surface area contributed by atoms with Crippen molar-refractivity contribution < 1.29 is 0 Å². The Morgan fingerprint density at radius 3 is 2.31 bits per heavy atom. The molecule has 0 amide bonds. The van der Waals surface area contributed by atoms with E-state index >= 15 is 0 Å². The van der Waals surface area contributed by atoms with Crippen molar-refractivity contribution in [2.75, 3.05) is 0 Å². The Kier molecular flexibility index (Phi) is 2.67. The van der Waals surface area contributed by atoms with E-state index in [1.165, 1.54) is 0 Å². The Balaban J connectivity index is 2.83. The monoisotopic (exact) mass is 169 g/mol. The van der Waals surface area contributed by atoms with Gasteiger partial charge >= 0.3 is 0 Å². The fourth-order valence-corrected chi connectivity index (χ4v) is 1.05. The number of benzene rings is 1. The summed E-state index contributed by atoms with van der Waals surface area (Å²) in [6, 6.07) is 14.2. The lowest BCUT2D eigenvalue weighted by molar-refractivity contribution is 0.581. The number of nitriles is 2. The van der Waals surface area contributed by atoms with E-state index < -0.39 is 5.41 Å². The predicted octanol–water partition coefficient (Wildman–Crippen LogP) is 2.08. The highest BCUT2D eigenvalue weighted by molar-refractivity contribution is 5.22. The normalized spacial score (nSPS) is 10.1. The molecule has 1 aromatic carbocycles. The summed E-state index contributed by atoms with van der Waals surface area (Å²) < 4.78 is 0. The molecule has 0 saturated carbocycles. The number of hydrogen-bond acceptors (Lipinski definition) is 2. The van der Waals surface area contributed by atoms with Gasteiger partial charge in [-0.05, 0) is 18.6 Å². The molecule has 0 aliphatic rings. The van der Waals surface area contributed by atoms with Gasteiger partial charge in [0, 0.05) is 6.42 Å². The van der Waals surface area contributed by atoms with Crippen LogP contribution in [0.25, 0.3) is 0 Å². The minimum atomic E-state index is -0.915. The molecule has 0 N–H and O–H groups in total. The first-order valence-corrected chi connectivity index (χ1v) is 3.98. The molecule has 0 saturated heterocycles. The smallest absolute Gasteiger partial charge is 0.145 e. The van der Waals surface area contributed by atoms with Gasteiger partial charge in [0.2, 0.25) is 0 Å². The van der Waals surface area contributed by atoms with Crippen LogP contribution in [0.2, 0.25) is 0 Å². The van der Waals surface area contributed by atoms with Gasteiger partial charge in [-0.25, -0.2) is 0 Å². The highest BCUT2D eigenvalue weighted by atomic mass is 14.4. The lowest BCUT2D eigenvalue weighted by Crippen LogP contribution is -2.14. The van der Waals surface area contributed by atoms with Crippen LogP contribution in [0.1, 0.15) is 12.5 Å². The van der Waals surface area contributed by atoms with E-state index in [0.717, 1.165) is 5.56 Å². The van der Waals surface area contributed by atoms with E-state index in [-0.39, 0.29) is 0 Å². The highest BCUT2D eigenvalue weighted by Gasteiger charge is 2.23. The maximum atomic E-state index is 8.77. The van der Waals surface area contributed by atoms with Crippen molar-refractivity contribution in [1.29, 1.82) is 10.5 Å². The van der Waals surface area contributed by atoms with Crippen LogP contribution < -0.4 is 0 Å². The van der Waals surface area contributed by atoms with Crippen molar-refractivity contribution >= 4 is 0 Å². The Bertz CT molecular complexity index is 340. The molecule has 1 rings (SSSR count). The van der Waals surface area contributed by atoms with Crippen LogP contribution in [0.4, 0.5) is 0 Å². The molecule has 0 aliphatic carbocycles. The molecule has 1 radical (unpaired) electrons. The zero-order valence-corrected chi connectivity index (χ0v) is 7.41. The topological polar surface area (TPSA) is 47.6 Å². The van der Waals surface area contributed by atoms with Crippen LogP contribution in [0, 0.1) is 34.1 Å². The summed E-state index contributed by atoms with van der Waals surface area (Å²) in [7, 11) is 0. The summed E-state index contributed by atoms with van der Waals surface area (Å²) in [4.78, 5) is 0. The van der Waals surface area contributed by atoms with Crippen LogP contribution >= 0.6 is 0 Å². The van der Waals surface area contributed by atoms with E-state index in [4.69, 9.17) is 10.5 Å². The zero-order chi connectivity index (χ0) is 9.73. The van der Waals surface area contributed by atoms with Crippen molar-refractivity contribution in [3.05, 3.63) is 35.9 Å². The maximum absolute atomic E-state index is 8.77. The summed E-state index contributed by atoms with van der Waals surface area (Å²) in [6.45, 7) is 1.64. The third-order valence-corrected chi connectivity index (χ3v) is 1.84. The Hall–Kier alpha value is -1.80. The lowest BCUT2D eigenvalue weighted by Gasteiger charge is -2.10. The van der Waals surface area contributed by atoms with Gasteiger partial charge < -0.3 is 0 Å². The van der Waals surface area contributed by atoms with Gasteiger partial charge in [0.05, 0.1) is 12.1 Å². The van der Waals surface area contributed by atoms with Gasteiger partial charge in [0.1, 0.15) is 5.41 Å². The van der Waals surface area contributed by atoms with Gasteiger partial charge in [-0.1, -0.05) is 24.3 Å². The van der Waals surface area contributed by atoms with Crippen molar-refractivity contribution in [3.63, 3.8) is 0 Å². The first-order chi connectivity index (χ1) is 6.20. The minimum absolute atomic E-state index is 0.467. The summed E-state index contributed by atoms with van der Waals surface area (Å²) in [6.07, 6.45) is 0.467. The van der Waals surface area contributed by atoms with E-state index in [0.29, 0.717) is 6.42 Å². The molecule has 0 aliphatic heterocycles. The molecule has 0 spiro atoms. The maximum Gasteiger partial charge on any atom is 0.145 e. The molecular formula is C11H9N2. The summed E-state index contributed by atoms with van der Waals surface area (Å²) >= 11 is 0. The van der Waals surface area contributed by atoms with Crippen LogP contribution in [-0.2, 0) is 6.42 Å². The van der Waals surface area contributed by atoms with Crippen molar-refractivity contribution in [3.8, 4) is 12.1 Å². The average Bonchev–Trinajstić information content (AvgIpc) is 2.19. The first-order valence-electron chi connectivity index (χ1n) is 3.98. The highest BCUT2D eigenvalue weighted by Crippen LogP contribution is 2.19. The van der Waals surface area contributed by atoms with E-state index in [9.17, 15) is 0 Å². The molecule has 0 aromatic heterocycles. The SMILES string of the molecule is CC(C#N)(C#N)Cc1cc[c]cc1. The Morgan fingerprint density at radius 2 is 1.85 bits per heavy atom. The predicted molar refractivity (Wildman–Crippen MR) is 48.3 cm³/mol. The van der Waals surface area contributed by atoms with Gasteiger partial charge in [-0.2, -0.15) is 10.5 Å². The number of rotatable bonds is 2. The summed E-state index contributed by atoms with van der Waals surface area (Å²) in [5, 5.41) is 17.5. The molecular weight excluding hydrogens is 160 g/mol. The molecule has 0 bridgehead atoms. The van der Waals surface area contributed by atoms with Crippen LogP contribution in [0.5, 0.6) is 0 Å². The third-order valence-electron chi connectivity index (χ3n) is 1.84. The molecule has 2 nitrogen and oxygen atoms in total. The Morgan fingerprint density at radius 1 is 1.31 bits per heavy atom. The lowest BCUT2D eigenvalue weighted by atomic mass is 9.87. The van der Waals surface area contributed by atoms with Crippen molar-refractivity contribution in [1.82, 2.24) is 0 Å². The van der Waals surface area contributed by atoms with Crippen LogP contribution in [0.15, 0.2) is 24.3 Å². The standard InChI is InChI=1S/C11H9N2/c1-11(8-12,9-13)7-10-5-3-2-4-6-10/h3-6H,7H2,1H3. The number of hydrogen-bond donors (Lipinski definition) is 0. The van der Waals surface area contributed by atoms with Gasteiger partial charge in [0.25, 0.3) is 0 Å². The average molecular weight is 169 g/mol. The molecule has 13 heavy (non-hydrogen) atoms. The summed E-state index contributed by atoms with van der Waals surface area (Å²) in [5.74, 6) is 0. The first kappa shape index (κ1) is 9.29. The van der Waals surface area contributed by atoms with Crippen LogP contribution in [0.3, 0.4) is 0 Å². The molecule has 0 heterocycles. The summed E-state index contributed by atoms with van der Waals surface area (Å²) in [5.41, 5.74) is 0.0748. The van der Waals surface area contributed by atoms with Gasteiger partial charge in [-0.15, -0.1) is 0 Å². The quantitative estimate of drug-likeness (QED) is 0.680. The molecule has 0 unspecified atom stereocenters. The number of nitrogens with zero attached hydrogens (tertiary/aromatic N) is 2. The molecule has 0 atom stereocenters. The van der Waals surface area contributed by atoms with Crippen molar-refractivity contribution in [2.24, 2.45) is 5.41 Å². The van der Waals surface area contributed by atoms with E-state index in [1.54, 1.807) is 19.1 Å². The molecule has 1 aromatic rings. The second-order valence-electron chi connectivity index (χ2n) is 3.14. The second-order valence-corrected chi connectivity index (χ2v) is 3.14. The molecule has 63 valence electrons.